The summed E-state index contributed by atoms with van der Waals surface area (Å²) in [7, 11) is 0. The van der Waals surface area contributed by atoms with Crippen molar-refractivity contribution in [2.75, 3.05) is 6.26 Å². The van der Waals surface area contributed by atoms with Gasteiger partial charge in [-0.15, -0.1) is 0 Å². The third kappa shape index (κ3) is 2.68. The second kappa shape index (κ2) is 5.30. The van der Waals surface area contributed by atoms with Crippen LogP contribution in [0.5, 0.6) is 0 Å². The van der Waals surface area contributed by atoms with E-state index < -0.39 is 17.5 Å². The van der Waals surface area contributed by atoms with Gasteiger partial charge in [0.05, 0.1) is 0 Å². The van der Waals surface area contributed by atoms with Crippen molar-refractivity contribution in [2.45, 2.75) is 24.0 Å². The Morgan fingerprint density at radius 3 is 2.33 bits per heavy atom. The van der Waals surface area contributed by atoms with E-state index in [0.29, 0.717) is 5.56 Å². The van der Waals surface area contributed by atoms with Crippen molar-refractivity contribution in [1.29, 1.82) is 0 Å². The van der Waals surface area contributed by atoms with Crippen molar-refractivity contribution in [3.8, 4) is 0 Å². The topological polar surface area (TPSA) is 12.9 Å². The van der Waals surface area contributed by atoms with Crippen LogP contribution in [0.1, 0.15) is 23.4 Å². The van der Waals surface area contributed by atoms with Crippen molar-refractivity contribution >= 4 is 11.8 Å². The zero-order valence-corrected chi connectivity index (χ0v) is 10.8. The lowest BCUT2D eigenvalue weighted by atomic mass is 10.1. The lowest BCUT2D eigenvalue weighted by Gasteiger charge is -2.23. The van der Waals surface area contributed by atoms with Gasteiger partial charge in [0, 0.05) is 11.4 Å². The van der Waals surface area contributed by atoms with E-state index in [1.54, 1.807) is 0 Å². The number of hydrogen-bond acceptors (Lipinski definition) is 2. The van der Waals surface area contributed by atoms with Gasteiger partial charge < -0.3 is 0 Å². The van der Waals surface area contributed by atoms with Crippen molar-refractivity contribution in [1.82, 2.24) is 4.98 Å². The number of aromatic nitrogens is 1. The minimum Gasteiger partial charge on any atom is -0.254 e. The minimum absolute atomic E-state index is 0.0624. The fourth-order valence-corrected chi connectivity index (χ4v) is 1.68. The van der Waals surface area contributed by atoms with Crippen LogP contribution in [0.25, 0.3) is 0 Å². The molecule has 18 heavy (non-hydrogen) atoms. The average molecular weight is 279 g/mol. The van der Waals surface area contributed by atoms with Crippen LogP contribution in [0.15, 0.2) is 31.0 Å². The molecule has 0 aliphatic rings. The molecule has 1 rings (SSSR count). The fraction of sp³-hybridized carbons (Fsp3) is 0.417. The summed E-state index contributed by atoms with van der Waals surface area (Å²) in [5, 5.41) is 0.0695. The summed E-state index contributed by atoms with van der Waals surface area (Å²) < 4.78 is 53.0. The molecule has 0 spiro atoms. The van der Waals surface area contributed by atoms with E-state index in [4.69, 9.17) is 0 Å². The Hall–Kier alpha value is -1.04. The minimum atomic E-state index is -4.35. The normalized spacial score (nSPS) is 14.3. The van der Waals surface area contributed by atoms with Crippen molar-refractivity contribution < 1.29 is 17.6 Å². The van der Waals surface area contributed by atoms with Crippen LogP contribution in [0, 0.1) is 0 Å². The molecule has 0 radical (unpaired) electrons. The molecule has 1 nitrogen and oxygen atoms in total. The second-order valence-corrected chi connectivity index (χ2v) is 4.93. The average Bonchev–Trinajstić information content (AvgIpc) is 2.37. The number of rotatable bonds is 5. The Morgan fingerprint density at radius 2 is 1.94 bits per heavy atom. The largest absolute Gasteiger partial charge is 0.355 e. The van der Waals surface area contributed by atoms with Gasteiger partial charge in [-0.2, -0.15) is 29.3 Å². The molecule has 1 atom stereocenters. The number of alkyl halides is 4. The molecule has 0 bridgehead atoms. The fourth-order valence-electron chi connectivity index (χ4n) is 1.27. The Kier molecular flexibility index (Phi) is 4.42. The van der Waals surface area contributed by atoms with Gasteiger partial charge in [-0.1, -0.05) is 12.6 Å². The van der Waals surface area contributed by atoms with E-state index in [1.165, 1.54) is 24.0 Å². The molecule has 1 aromatic heterocycles. The SMILES string of the molecule is C=CC(F)(F)C(F)(F)c1ccc(C(C)SC)cn1. The summed E-state index contributed by atoms with van der Waals surface area (Å²) in [6, 6.07) is 2.32. The Balaban J connectivity index is 3.08. The predicted molar refractivity (Wildman–Crippen MR) is 65.2 cm³/mol. The molecule has 0 saturated heterocycles. The molecule has 1 aromatic rings. The maximum atomic E-state index is 13.5. The van der Waals surface area contributed by atoms with Gasteiger partial charge in [0.2, 0.25) is 0 Å². The molecule has 0 saturated carbocycles. The number of pyridine rings is 1. The van der Waals surface area contributed by atoms with Gasteiger partial charge in [0.1, 0.15) is 5.69 Å². The molecule has 100 valence electrons. The van der Waals surface area contributed by atoms with Crippen LogP contribution in [-0.4, -0.2) is 17.2 Å². The number of thioether (sulfide) groups is 1. The van der Waals surface area contributed by atoms with Crippen LogP contribution in [0.2, 0.25) is 0 Å². The molecular formula is C12H13F4NS. The Labute approximate surface area is 107 Å². The van der Waals surface area contributed by atoms with Crippen LogP contribution in [0.4, 0.5) is 17.6 Å². The highest BCUT2D eigenvalue weighted by Crippen LogP contribution is 2.42. The second-order valence-electron chi connectivity index (χ2n) is 3.76. The number of hydrogen-bond donors (Lipinski definition) is 0. The van der Waals surface area contributed by atoms with E-state index in [0.717, 1.165) is 6.07 Å². The Bertz CT molecular complexity index is 417. The molecule has 0 N–H and O–H groups in total. The molecule has 0 amide bonds. The van der Waals surface area contributed by atoms with Crippen LogP contribution >= 0.6 is 11.8 Å². The smallest absolute Gasteiger partial charge is 0.254 e. The monoisotopic (exact) mass is 279 g/mol. The van der Waals surface area contributed by atoms with Gasteiger partial charge in [0.25, 0.3) is 0 Å². The first-order chi connectivity index (χ1) is 8.26. The van der Waals surface area contributed by atoms with Crippen LogP contribution in [0.3, 0.4) is 0 Å². The molecule has 0 aliphatic carbocycles. The highest BCUT2D eigenvalue weighted by molar-refractivity contribution is 7.98. The zero-order chi connectivity index (χ0) is 14.0. The van der Waals surface area contributed by atoms with E-state index in [-0.39, 0.29) is 11.3 Å². The molecule has 0 fully saturated rings. The molecule has 0 aromatic carbocycles. The molecule has 0 aliphatic heterocycles. The van der Waals surface area contributed by atoms with E-state index in [9.17, 15) is 17.6 Å². The predicted octanol–water partition coefficient (Wildman–Crippen LogP) is 4.42. The molecule has 1 unspecified atom stereocenters. The summed E-state index contributed by atoms with van der Waals surface area (Å²) >= 11 is 1.51. The maximum Gasteiger partial charge on any atom is 0.355 e. The van der Waals surface area contributed by atoms with Crippen LogP contribution in [-0.2, 0) is 5.92 Å². The first-order valence-corrected chi connectivity index (χ1v) is 6.43. The summed E-state index contributed by atoms with van der Waals surface area (Å²) in [5.74, 6) is -8.66. The van der Waals surface area contributed by atoms with Crippen molar-refractivity contribution in [3.63, 3.8) is 0 Å². The highest BCUT2D eigenvalue weighted by Gasteiger charge is 2.56. The first-order valence-electron chi connectivity index (χ1n) is 5.14. The van der Waals surface area contributed by atoms with Gasteiger partial charge in [-0.25, -0.2) is 0 Å². The standard InChI is InChI=1S/C12H13F4NS/c1-4-11(13,14)12(15,16)10-6-5-9(7-17-10)8(2)18-3/h4-8H,1H2,2-3H3. The zero-order valence-electron chi connectivity index (χ0n) is 9.96. The van der Waals surface area contributed by atoms with E-state index in [1.807, 2.05) is 13.2 Å². The third-order valence-corrected chi connectivity index (χ3v) is 3.59. The lowest BCUT2D eigenvalue weighted by molar-refractivity contribution is -0.188. The van der Waals surface area contributed by atoms with Gasteiger partial charge >= 0.3 is 11.8 Å². The van der Waals surface area contributed by atoms with Gasteiger partial charge in [-0.3, -0.25) is 4.98 Å². The Morgan fingerprint density at radius 1 is 1.33 bits per heavy atom. The van der Waals surface area contributed by atoms with Gasteiger partial charge in [-0.05, 0) is 30.9 Å². The third-order valence-electron chi connectivity index (χ3n) is 2.61. The quantitative estimate of drug-likeness (QED) is 0.584. The summed E-state index contributed by atoms with van der Waals surface area (Å²) in [6.45, 7) is 4.59. The maximum absolute atomic E-state index is 13.5. The first kappa shape index (κ1) is 15.0. The summed E-state index contributed by atoms with van der Waals surface area (Å²) in [5.41, 5.74) is -0.242. The molecular weight excluding hydrogens is 266 g/mol. The van der Waals surface area contributed by atoms with Crippen molar-refractivity contribution in [2.24, 2.45) is 0 Å². The highest BCUT2D eigenvalue weighted by atomic mass is 32.2. The summed E-state index contributed by atoms with van der Waals surface area (Å²) in [4.78, 5) is 3.44. The lowest BCUT2D eigenvalue weighted by Crippen LogP contribution is -2.36. The number of nitrogens with zero attached hydrogens (tertiary/aromatic N) is 1. The van der Waals surface area contributed by atoms with Crippen molar-refractivity contribution in [3.05, 3.63) is 42.2 Å². The van der Waals surface area contributed by atoms with E-state index >= 15 is 0 Å². The number of allylic oxidation sites excluding steroid dienone is 1. The number of halogens is 4. The van der Waals surface area contributed by atoms with E-state index in [2.05, 4.69) is 11.6 Å². The molecule has 6 heteroatoms. The van der Waals surface area contributed by atoms with Crippen LogP contribution < -0.4 is 0 Å². The van der Waals surface area contributed by atoms with Gasteiger partial charge in [0.15, 0.2) is 0 Å². The summed E-state index contributed by atoms with van der Waals surface area (Å²) in [6.07, 6.45) is 3.00. The molecule has 1 heterocycles.